The number of likely N-dealkylation sites (tertiary alicyclic amines) is 1. The molecule has 5 nitrogen and oxygen atoms in total. The molecule has 2 heterocycles. The molecule has 1 aliphatic heterocycles. The number of hydrogen-bond donors (Lipinski definition) is 1. The predicted octanol–water partition coefficient (Wildman–Crippen LogP) is 5.11. The van der Waals surface area contributed by atoms with Gasteiger partial charge in [0.15, 0.2) is 0 Å². The average molecular weight is 484 g/mol. The molecule has 8 heteroatoms. The van der Waals surface area contributed by atoms with Crippen LogP contribution in [-0.2, 0) is 0 Å². The van der Waals surface area contributed by atoms with Crippen LogP contribution >= 0.6 is 22.9 Å². The molecule has 1 aliphatic carbocycles. The minimum atomic E-state index is -0.633. The van der Waals surface area contributed by atoms with Crippen molar-refractivity contribution in [2.24, 2.45) is 11.8 Å². The molecule has 3 atom stereocenters. The Morgan fingerprint density at radius 1 is 1.24 bits per heavy atom. The average Bonchev–Trinajstić information content (AvgIpc) is 3.30. The van der Waals surface area contributed by atoms with Crippen molar-refractivity contribution in [2.45, 2.75) is 26.3 Å². The van der Waals surface area contributed by atoms with E-state index in [1.54, 1.807) is 0 Å². The molecule has 170 valence electrons. The summed E-state index contributed by atoms with van der Waals surface area (Å²) in [6, 6.07) is 12.1. The Balaban J connectivity index is 1.36. The maximum absolute atomic E-state index is 13.7. The van der Waals surface area contributed by atoms with E-state index in [1.807, 2.05) is 36.9 Å². The number of carbonyl (C=O) groups is 2. The fraction of sp³-hybridized carbons (Fsp3) is 0.320. The summed E-state index contributed by atoms with van der Waals surface area (Å²) in [5.41, 5.74) is 2.67. The summed E-state index contributed by atoms with van der Waals surface area (Å²) < 4.78 is 13.7. The quantitative estimate of drug-likeness (QED) is 0.548. The Morgan fingerprint density at radius 3 is 2.82 bits per heavy atom. The summed E-state index contributed by atoms with van der Waals surface area (Å²) in [4.78, 5) is 33.6. The van der Waals surface area contributed by atoms with E-state index in [4.69, 9.17) is 11.6 Å². The van der Waals surface area contributed by atoms with Crippen molar-refractivity contribution < 1.29 is 14.0 Å². The minimum Gasteiger partial charge on any atom is -0.350 e. The van der Waals surface area contributed by atoms with E-state index in [9.17, 15) is 14.0 Å². The number of amides is 2. The van der Waals surface area contributed by atoms with E-state index in [0.717, 1.165) is 27.4 Å². The Bertz CT molecular complexity index is 1260. The van der Waals surface area contributed by atoms with Crippen molar-refractivity contribution in [3.63, 3.8) is 0 Å². The molecule has 2 fully saturated rings. The van der Waals surface area contributed by atoms with Gasteiger partial charge in [-0.3, -0.25) is 9.59 Å². The lowest BCUT2D eigenvalue weighted by Crippen LogP contribution is -2.45. The SMILES string of the molecule is Cc1cccc(-c2sc(C)nc2C(=O)N2C[C@@H]3C[C@@H]3[C@H]2CNC(=O)c2cccc(F)c2Cl)c1. The standard InChI is InChI=1S/C25H23ClFN3O2S/c1-13-5-3-6-15(9-13)23-22(29-14(2)33-23)25(32)30-12-16-10-18(16)20(30)11-28-24(31)17-7-4-8-19(27)21(17)26/h3-9,16,18,20H,10-12H2,1-2H3,(H,28,31)/t16-,18-,20+/m0/s1. The third-order valence-electron chi connectivity index (χ3n) is 6.45. The molecule has 0 radical (unpaired) electrons. The van der Waals surface area contributed by atoms with E-state index in [2.05, 4.69) is 16.4 Å². The van der Waals surface area contributed by atoms with Gasteiger partial charge in [-0.1, -0.05) is 47.5 Å². The molecule has 5 rings (SSSR count). The Hall–Kier alpha value is -2.77. The van der Waals surface area contributed by atoms with Crippen LogP contribution in [-0.4, -0.2) is 40.8 Å². The highest BCUT2D eigenvalue weighted by atomic mass is 35.5. The van der Waals surface area contributed by atoms with Crippen LogP contribution in [0.3, 0.4) is 0 Å². The number of aromatic nitrogens is 1. The lowest BCUT2D eigenvalue weighted by atomic mass is 10.1. The summed E-state index contributed by atoms with van der Waals surface area (Å²) in [5, 5.41) is 3.50. The predicted molar refractivity (Wildman–Crippen MR) is 127 cm³/mol. The van der Waals surface area contributed by atoms with E-state index >= 15 is 0 Å². The zero-order chi connectivity index (χ0) is 23.3. The van der Waals surface area contributed by atoms with E-state index < -0.39 is 11.7 Å². The molecular formula is C25H23ClFN3O2S. The molecular weight excluding hydrogens is 461 g/mol. The topological polar surface area (TPSA) is 62.3 Å². The summed E-state index contributed by atoms with van der Waals surface area (Å²) >= 11 is 7.48. The van der Waals surface area contributed by atoms with Gasteiger partial charge < -0.3 is 10.2 Å². The lowest BCUT2D eigenvalue weighted by Gasteiger charge is -2.27. The Labute approximate surface area is 200 Å². The fourth-order valence-electron chi connectivity index (χ4n) is 4.73. The largest absolute Gasteiger partial charge is 0.350 e. The highest BCUT2D eigenvalue weighted by molar-refractivity contribution is 7.15. The van der Waals surface area contributed by atoms with Crippen molar-refractivity contribution in [2.75, 3.05) is 13.1 Å². The van der Waals surface area contributed by atoms with Crippen molar-refractivity contribution in [3.8, 4) is 10.4 Å². The number of thiazole rings is 1. The van der Waals surface area contributed by atoms with Gasteiger partial charge in [0.1, 0.15) is 11.5 Å². The second kappa shape index (κ2) is 8.54. The molecule has 0 spiro atoms. The zero-order valence-corrected chi connectivity index (χ0v) is 19.8. The number of halogens is 2. The first-order valence-electron chi connectivity index (χ1n) is 10.9. The number of nitrogens with one attached hydrogen (secondary N) is 1. The first kappa shape index (κ1) is 22.0. The Morgan fingerprint density at radius 2 is 2.03 bits per heavy atom. The summed E-state index contributed by atoms with van der Waals surface area (Å²) in [5.74, 6) is -0.367. The zero-order valence-electron chi connectivity index (χ0n) is 18.3. The highest BCUT2D eigenvalue weighted by Crippen LogP contribution is 2.50. The molecule has 1 N–H and O–H groups in total. The normalized spacial score (nSPS) is 21.1. The van der Waals surface area contributed by atoms with Crippen LogP contribution < -0.4 is 5.32 Å². The van der Waals surface area contributed by atoms with Crippen LogP contribution in [0.2, 0.25) is 5.02 Å². The van der Waals surface area contributed by atoms with Crippen molar-refractivity contribution in [1.82, 2.24) is 15.2 Å². The number of fused-ring (bicyclic) bond motifs is 1. The fourth-order valence-corrected chi connectivity index (χ4v) is 5.85. The molecule has 1 saturated carbocycles. The van der Waals surface area contributed by atoms with Gasteiger partial charge >= 0.3 is 0 Å². The molecule has 2 amide bonds. The first-order chi connectivity index (χ1) is 15.8. The van der Waals surface area contributed by atoms with E-state index in [1.165, 1.54) is 29.5 Å². The van der Waals surface area contributed by atoms with Gasteiger partial charge in [0.05, 0.1) is 26.5 Å². The van der Waals surface area contributed by atoms with Crippen LogP contribution in [0.15, 0.2) is 42.5 Å². The van der Waals surface area contributed by atoms with E-state index in [0.29, 0.717) is 30.6 Å². The molecule has 33 heavy (non-hydrogen) atoms. The third-order valence-corrected chi connectivity index (χ3v) is 7.85. The summed E-state index contributed by atoms with van der Waals surface area (Å²) in [7, 11) is 0. The monoisotopic (exact) mass is 483 g/mol. The smallest absolute Gasteiger partial charge is 0.274 e. The van der Waals surface area contributed by atoms with Gasteiger partial charge in [-0.05, 0) is 49.8 Å². The number of nitrogens with zero attached hydrogens (tertiary/aromatic N) is 2. The van der Waals surface area contributed by atoms with Gasteiger partial charge in [0.25, 0.3) is 11.8 Å². The summed E-state index contributed by atoms with van der Waals surface area (Å²) in [6.45, 7) is 4.88. The molecule has 1 aromatic heterocycles. The van der Waals surface area contributed by atoms with Crippen LogP contribution in [0, 0.1) is 31.5 Å². The number of aryl methyl sites for hydroxylation is 2. The van der Waals surface area contributed by atoms with Crippen molar-refractivity contribution in [1.29, 1.82) is 0 Å². The lowest BCUT2D eigenvalue weighted by molar-refractivity contribution is 0.0690. The Kier molecular flexibility index (Phi) is 5.70. The molecule has 0 bridgehead atoms. The van der Waals surface area contributed by atoms with Crippen LogP contribution in [0.1, 0.15) is 37.8 Å². The van der Waals surface area contributed by atoms with Gasteiger partial charge in [0, 0.05) is 13.1 Å². The van der Waals surface area contributed by atoms with Gasteiger partial charge in [-0.25, -0.2) is 9.37 Å². The van der Waals surface area contributed by atoms with E-state index in [-0.39, 0.29) is 22.5 Å². The number of benzene rings is 2. The van der Waals surface area contributed by atoms with Gasteiger partial charge in [-0.2, -0.15) is 0 Å². The van der Waals surface area contributed by atoms with Crippen LogP contribution in [0.5, 0.6) is 0 Å². The molecule has 0 unspecified atom stereocenters. The number of piperidine rings is 1. The van der Waals surface area contributed by atoms with Gasteiger partial charge in [0.2, 0.25) is 0 Å². The van der Waals surface area contributed by atoms with Gasteiger partial charge in [-0.15, -0.1) is 11.3 Å². The number of hydrogen-bond acceptors (Lipinski definition) is 4. The van der Waals surface area contributed by atoms with Crippen LogP contribution in [0.25, 0.3) is 10.4 Å². The van der Waals surface area contributed by atoms with Crippen LogP contribution in [0.4, 0.5) is 4.39 Å². The summed E-state index contributed by atoms with van der Waals surface area (Å²) in [6.07, 6.45) is 1.05. The number of carbonyl (C=O) groups excluding carboxylic acids is 2. The second-order valence-corrected chi connectivity index (χ2v) is 10.4. The minimum absolute atomic E-state index is 0.0942. The third kappa shape index (κ3) is 4.15. The maximum Gasteiger partial charge on any atom is 0.274 e. The number of rotatable bonds is 5. The first-order valence-corrected chi connectivity index (χ1v) is 12.1. The van der Waals surface area contributed by atoms with Crippen molar-refractivity contribution >= 4 is 34.8 Å². The molecule has 2 aliphatic rings. The second-order valence-electron chi connectivity index (χ2n) is 8.78. The molecule has 3 aromatic rings. The maximum atomic E-state index is 13.7. The highest BCUT2D eigenvalue weighted by Gasteiger charge is 2.54. The molecule has 2 aromatic carbocycles. The molecule has 1 saturated heterocycles. The van der Waals surface area contributed by atoms with Crippen molar-refractivity contribution in [3.05, 3.63) is 75.1 Å².